The van der Waals surface area contributed by atoms with Crippen LogP contribution in [0.5, 0.6) is 0 Å². The Labute approximate surface area is 114 Å². The lowest BCUT2D eigenvalue weighted by Gasteiger charge is -2.21. The van der Waals surface area contributed by atoms with Gasteiger partial charge in [-0.15, -0.1) is 0 Å². The van der Waals surface area contributed by atoms with Crippen molar-refractivity contribution < 1.29 is 0 Å². The van der Waals surface area contributed by atoms with E-state index < -0.39 is 0 Å². The van der Waals surface area contributed by atoms with Crippen molar-refractivity contribution in [3.8, 4) is 0 Å². The van der Waals surface area contributed by atoms with Crippen LogP contribution in [0, 0.1) is 6.92 Å². The molecule has 0 saturated carbocycles. The quantitative estimate of drug-likeness (QED) is 0.738. The van der Waals surface area contributed by atoms with Gasteiger partial charge in [0.05, 0.1) is 0 Å². The third kappa shape index (κ3) is 2.22. The van der Waals surface area contributed by atoms with E-state index in [2.05, 4.69) is 57.2 Å². The number of hydrogen-bond donors (Lipinski definition) is 1. The number of fused-ring (bicyclic) bond motifs is 1. The molecule has 0 saturated heterocycles. The van der Waals surface area contributed by atoms with E-state index in [-0.39, 0.29) is 0 Å². The minimum atomic E-state index is 0.489. The van der Waals surface area contributed by atoms with Gasteiger partial charge in [0.2, 0.25) is 0 Å². The molecule has 0 heterocycles. The van der Waals surface area contributed by atoms with E-state index >= 15 is 0 Å². The van der Waals surface area contributed by atoms with Crippen LogP contribution in [-0.2, 0) is 6.42 Å². The van der Waals surface area contributed by atoms with Gasteiger partial charge < -0.3 is 5.32 Å². The molecular weight excluding hydrogens is 330 g/mol. The number of hydrogen-bond acceptors (Lipinski definition) is 1. The highest BCUT2D eigenvalue weighted by Gasteiger charge is 2.22. The van der Waals surface area contributed by atoms with Crippen molar-refractivity contribution in [2.45, 2.75) is 38.6 Å². The number of benzene rings is 1. The molecule has 0 aromatic heterocycles. The maximum atomic E-state index is 3.76. The number of aryl methyl sites for hydroxylation is 1. The summed E-state index contributed by atoms with van der Waals surface area (Å²) in [6, 6.07) is 2.71. The molecule has 1 aromatic rings. The van der Waals surface area contributed by atoms with Gasteiger partial charge in [0, 0.05) is 15.0 Å². The summed E-state index contributed by atoms with van der Waals surface area (Å²) in [5, 5.41) is 3.44. The Bertz CT molecular complexity index is 401. The van der Waals surface area contributed by atoms with E-state index in [4.69, 9.17) is 0 Å². The first-order chi connectivity index (χ1) is 7.65. The Morgan fingerprint density at radius 1 is 1.31 bits per heavy atom. The highest BCUT2D eigenvalue weighted by Crippen LogP contribution is 2.39. The van der Waals surface area contributed by atoms with Crippen LogP contribution in [0.4, 0.5) is 0 Å². The number of nitrogens with one attached hydrogen (secondary N) is 1. The minimum Gasteiger partial charge on any atom is -0.313 e. The van der Waals surface area contributed by atoms with Crippen LogP contribution in [0.25, 0.3) is 0 Å². The summed E-state index contributed by atoms with van der Waals surface area (Å²) in [5.74, 6) is 0. The summed E-state index contributed by atoms with van der Waals surface area (Å²) in [6.45, 7) is 2.16. The second-order valence-electron chi connectivity index (χ2n) is 4.47. The van der Waals surface area contributed by atoms with Gasteiger partial charge in [-0.1, -0.05) is 38.3 Å². The fourth-order valence-corrected chi connectivity index (χ4v) is 3.90. The molecule has 1 aliphatic rings. The average Bonchev–Trinajstić information content (AvgIpc) is 2.48. The molecule has 0 radical (unpaired) electrons. The van der Waals surface area contributed by atoms with Gasteiger partial charge in [0.15, 0.2) is 0 Å². The second kappa shape index (κ2) is 5.19. The van der Waals surface area contributed by atoms with Crippen molar-refractivity contribution >= 4 is 31.9 Å². The molecule has 16 heavy (non-hydrogen) atoms. The maximum absolute atomic E-state index is 3.76. The summed E-state index contributed by atoms with van der Waals surface area (Å²) in [5.41, 5.74) is 4.26. The van der Waals surface area contributed by atoms with Gasteiger partial charge >= 0.3 is 0 Å². The second-order valence-corrected chi connectivity index (χ2v) is 6.12. The van der Waals surface area contributed by atoms with E-state index in [0.717, 1.165) is 0 Å². The van der Waals surface area contributed by atoms with Gasteiger partial charge in [-0.3, -0.25) is 0 Å². The van der Waals surface area contributed by atoms with Crippen molar-refractivity contribution in [2.75, 3.05) is 7.05 Å². The first-order valence-electron chi connectivity index (χ1n) is 5.79. The first-order valence-corrected chi connectivity index (χ1v) is 7.38. The Balaban J connectivity index is 2.61. The standard InChI is InChI=1S/C13H17Br2N/c1-8-7-10(14)9-5-3-4-6-11(16-2)12(9)13(8)15/h7,11,16H,3-6H2,1-2H3. The molecule has 2 rings (SSSR count). The van der Waals surface area contributed by atoms with Crippen LogP contribution >= 0.6 is 31.9 Å². The summed E-state index contributed by atoms with van der Waals surface area (Å²) in [4.78, 5) is 0. The molecule has 1 nitrogen and oxygen atoms in total. The smallest absolute Gasteiger partial charge is 0.0332 e. The van der Waals surface area contributed by atoms with Crippen LogP contribution in [0.3, 0.4) is 0 Å². The highest BCUT2D eigenvalue weighted by atomic mass is 79.9. The molecule has 1 unspecified atom stereocenters. The summed E-state index contributed by atoms with van der Waals surface area (Å²) >= 11 is 7.46. The van der Waals surface area contributed by atoms with E-state index in [1.807, 2.05) is 0 Å². The lowest BCUT2D eigenvalue weighted by molar-refractivity contribution is 0.531. The van der Waals surface area contributed by atoms with Crippen molar-refractivity contribution in [1.29, 1.82) is 0 Å². The number of rotatable bonds is 1. The van der Waals surface area contributed by atoms with Crippen molar-refractivity contribution in [3.05, 3.63) is 31.7 Å². The first kappa shape index (κ1) is 12.6. The zero-order valence-corrected chi connectivity index (χ0v) is 12.9. The van der Waals surface area contributed by atoms with Gasteiger partial charge in [-0.25, -0.2) is 0 Å². The molecule has 1 aliphatic carbocycles. The Kier molecular flexibility index (Phi) is 4.09. The molecule has 0 fully saturated rings. The predicted octanol–water partition coefficient (Wildman–Crippen LogP) is 4.51. The molecule has 1 atom stereocenters. The van der Waals surface area contributed by atoms with E-state index in [1.165, 1.54) is 51.3 Å². The van der Waals surface area contributed by atoms with Crippen LogP contribution in [0.2, 0.25) is 0 Å². The third-order valence-electron chi connectivity index (χ3n) is 3.41. The summed E-state index contributed by atoms with van der Waals surface area (Å²) < 4.78 is 2.55. The zero-order chi connectivity index (χ0) is 11.7. The molecule has 88 valence electrons. The van der Waals surface area contributed by atoms with Crippen molar-refractivity contribution in [2.24, 2.45) is 0 Å². The fourth-order valence-electron chi connectivity index (χ4n) is 2.51. The molecule has 1 aromatic carbocycles. The zero-order valence-electron chi connectivity index (χ0n) is 9.74. The molecule has 3 heteroatoms. The average molecular weight is 347 g/mol. The van der Waals surface area contributed by atoms with Gasteiger partial charge in [0.25, 0.3) is 0 Å². The van der Waals surface area contributed by atoms with Crippen LogP contribution in [-0.4, -0.2) is 7.05 Å². The molecule has 0 amide bonds. The van der Waals surface area contributed by atoms with E-state index in [9.17, 15) is 0 Å². The largest absolute Gasteiger partial charge is 0.313 e. The summed E-state index contributed by atoms with van der Waals surface area (Å²) in [7, 11) is 2.06. The molecule has 0 aliphatic heterocycles. The fraction of sp³-hybridized carbons (Fsp3) is 0.538. The molecule has 1 N–H and O–H groups in total. The molecule has 0 spiro atoms. The molecule has 0 bridgehead atoms. The third-order valence-corrected chi connectivity index (χ3v) is 5.17. The molecular formula is C13H17Br2N. The highest BCUT2D eigenvalue weighted by molar-refractivity contribution is 9.11. The van der Waals surface area contributed by atoms with Gasteiger partial charge in [-0.2, -0.15) is 0 Å². The van der Waals surface area contributed by atoms with Gasteiger partial charge in [0.1, 0.15) is 0 Å². The number of halogens is 2. The monoisotopic (exact) mass is 345 g/mol. The SMILES string of the molecule is CNC1CCCCc2c(Br)cc(C)c(Br)c21. The van der Waals surface area contributed by atoms with Crippen LogP contribution < -0.4 is 5.32 Å². The van der Waals surface area contributed by atoms with Gasteiger partial charge in [-0.05, 0) is 56.0 Å². The predicted molar refractivity (Wildman–Crippen MR) is 75.9 cm³/mol. The van der Waals surface area contributed by atoms with Crippen LogP contribution in [0.15, 0.2) is 15.0 Å². The van der Waals surface area contributed by atoms with Crippen LogP contribution in [0.1, 0.15) is 42.0 Å². The Morgan fingerprint density at radius 3 is 2.75 bits per heavy atom. The summed E-state index contributed by atoms with van der Waals surface area (Å²) in [6.07, 6.45) is 5.02. The lowest BCUT2D eigenvalue weighted by atomic mass is 9.97. The Morgan fingerprint density at radius 2 is 2.06 bits per heavy atom. The van der Waals surface area contributed by atoms with E-state index in [0.29, 0.717) is 6.04 Å². The van der Waals surface area contributed by atoms with E-state index in [1.54, 1.807) is 0 Å². The topological polar surface area (TPSA) is 12.0 Å². The van der Waals surface area contributed by atoms with Crippen molar-refractivity contribution in [1.82, 2.24) is 5.32 Å². The van der Waals surface area contributed by atoms with Crippen molar-refractivity contribution in [3.63, 3.8) is 0 Å². The Hall–Kier alpha value is 0.140. The lowest BCUT2D eigenvalue weighted by Crippen LogP contribution is -2.17. The maximum Gasteiger partial charge on any atom is 0.0332 e. The minimum absolute atomic E-state index is 0.489. The normalized spacial score (nSPS) is 20.4.